The van der Waals surface area contributed by atoms with Crippen LogP contribution in [0.25, 0.3) is 0 Å². The van der Waals surface area contributed by atoms with E-state index in [0.29, 0.717) is 12.1 Å². The summed E-state index contributed by atoms with van der Waals surface area (Å²) in [5.41, 5.74) is 1.40. The maximum Gasteiger partial charge on any atom is 0.0294 e. The summed E-state index contributed by atoms with van der Waals surface area (Å²) in [6.45, 7) is 2.29. The maximum atomic E-state index is 3.83. The Morgan fingerprint density at radius 3 is 2.56 bits per heavy atom. The predicted molar refractivity (Wildman–Crippen MR) is 90.3 cm³/mol. The molecule has 1 nitrogen and oxygen atoms in total. The lowest BCUT2D eigenvalue weighted by Crippen LogP contribution is -2.41. The number of hydrogen-bond acceptors (Lipinski definition) is 2. The van der Waals surface area contributed by atoms with Crippen LogP contribution in [0.2, 0.25) is 0 Å². The molecule has 0 aliphatic heterocycles. The Bertz CT molecular complexity index is 365. The number of halogens is 1. The number of rotatable bonds is 4. The zero-order valence-electron chi connectivity index (χ0n) is 11.2. The molecule has 1 fully saturated rings. The highest BCUT2D eigenvalue weighted by molar-refractivity contribution is 14.1. The predicted octanol–water partition coefficient (Wildman–Crippen LogP) is 4.62. The van der Waals surface area contributed by atoms with Crippen molar-refractivity contribution in [2.24, 2.45) is 0 Å². The van der Waals surface area contributed by atoms with Gasteiger partial charge in [-0.15, -0.1) is 0 Å². The fourth-order valence-electron chi connectivity index (χ4n) is 2.74. The van der Waals surface area contributed by atoms with Crippen molar-refractivity contribution in [1.82, 2.24) is 5.32 Å². The summed E-state index contributed by atoms with van der Waals surface area (Å²) in [5.74, 6) is 0. The zero-order valence-corrected chi connectivity index (χ0v) is 14.1. The Labute approximate surface area is 129 Å². The van der Waals surface area contributed by atoms with E-state index in [2.05, 4.69) is 65.4 Å². The lowest BCUT2D eigenvalue weighted by molar-refractivity contribution is 0.356. The van der Waals surface area contributed by atoms with Gasteiger partial charge in [-0.25, -0.2) is 0 Å². The lowest BCUT2D eigenvalue weighted by Gasteiger charge is -2.33. The first-order chi connectivity index (χ1) is 8.70. The second-order valence-corrected chi connectivity index (χ2v) is 7.43. The molecule has 1 aliphatic carbocycles. The minimum Gasteiger partial charge on any atom is -0.306 e. The molecule has 1 N–H and O–H groups in total. The fourth-order valence-corrected chi connectivity index (χ4v) is 4.04. The van der Waals surface area contributed by atoms with Crippen LogP contribution in [0.15, 0.2) is 24.3 Å². The van der Waals surface area contributed by atoms with Gasteiger partial charge in [0.25, 0.3) is 0 Å². The van der Waals surface area contributed by atoms with Crippen LogP contribution in [0, 0.1) is 3.57 Å². The molecule has 0 bridgehead atoms. The van der Waals surface area contributed by atoms with E-state index in [9.17, 15) is 0 Å². The molecule has 1 saturated carbocycles. The van der Waals surface area contributed by atoms with E-state index in [1.807, 2.05) is 11.8 Å². The molecule has 2 rings (SSSR count). The normalized spacial score (nSPS) is 25.9. The number of thioether (sulfide) groups is 1. The Hall–Kier alpha value is 0.260. The summed E-state index contributed by atoms with van der Waals surface area (Å²) in [7, 11) is 0. The first kappa shape index (κ1) is 14.7. The first-order valence-corrected chi connectivity index (χ1v) is 9.11. The Morgan fingerprint density at radius 1 is 1.22 bits per heavy atom. The van der Waals surface area contributed by atoms with Crippen molar-refractivity contribution in [3.63, 3.8) is 0 Å². The van der Waals surface area contributed by atoms with Gasteiger partial charge in [-0.1, -0.05) is 25.0 Å². The summed E-state index contributed by atoms with van der Waals surface area (Å²) in [6, 6.07) is 10.0. The summed E-state index contributed by atoms with van der Waals surface area (Å²) < 4.78 is 1.31. The molecule has 3 heteroatoms. The summed E-state index contributed by atoms with van der Waals surface area (Å²) in [6.07, 6.45) is 7.74. The van der Waals surface area contributed by atoms with E-state index < -0.39 is 0 Å². The molecule has 3 unspecified atom stereocenters. The average molecular weight is 375 g/mol. The van der Waals surface area contributed by atoms with E-state index in [-0.39, 0.29) is 0 Å². The molecule has 1 aromatic carbocycles. The minimum absolute atomic E-state index is 0.458. The van der Waals surface area contributed by atoms with Crippen LogP contribution in [0.5, 0.6) is 0 Å². The van der Waals surface area contributed by atoms with Gasteiger partial charge >= 0.3 is 0 Å². The summed E-state index contributed by atoms with van der Waals surface area (Å²) >= 11 is 4.39. The van der Waals surface area contributed by atoms with E-state index in [1.165, 1.54) is 34.8 Å². The molecule has 0 amide bonds. The van der Waals surface area contributed by atoms with Crippen molar-refractivity contribution in [2.45, 2.75) is 49.9 Å². The van der Waals surface area contributed by atoms with Crippen molar-refractivity contribution in [2.75, 3.05) is 6.26 Å². The Balaban J connectivity index is 1.97. The largest absolute Gasteiger partial charge is 0.306 e. The van der Waals surface area contributed by atoms with Gasteiger partial charge in [0.05, 0.1) is 0 Å². The lowest BCUT2D eigenvalue weighted by atomic mass is 9.93. The molecule has 0 heterocycles. The smallest absolute Gasteiger partial charge is 0.0294 e. The first-order valence-electron chi connectivity index (χ1n) is 6.75. The number of hydrogen-bond donors (Lipinski definition) is 1. The second-order valence-electron chi connectivity index (χ2n) is 5.11. The van der Waals surface area contributed by atoms with Crippen LogP contribution in [-0.2, 0) is 0 Å². The molecular weight excluding hydrogens is 353 g/mol. The van der Waals surface area contributed by atoms with Crippen LogP contribution < -0.4 is 5.32 Å². The molecule has 0 radical (unpaired) electrons. The zero-order chi connectivity index (χ0) is 13.0. The molecule has 1 aromatic rings. The highest BCUT2D eigenvalue weighted by atomic mass is 127. The van der Waals surface area contributed by atoms with E-state index in [1.54, 1.807) is 0 Å². The number of benzene rings is 1. The van der Waals surface area contributed by atoms with Crippen LogP contribution in [0.4, 0.5) is 0 Å². The van der Waals surface area contributed by atoms with Gasteiger partial charge in [0.2, 0.25) is 0 Å². The van der Waals surface area contributed by atoms with Crippen LogP contribution in [-0.4, -0.2) is 17.5 Å². The fraction of sp³-hybridized carbons (Fsp3) is 0.600. The van der Waals surface area contributed by atoms with Crippen molar-refractivity contribution in [3.8, 4) is 0 Å². The molecule has 1 aliphatic rings. The van der Waals surface area contributed by atoms with Crippen LogP contribution in [0.1, 0.15) is 44.2 Å². The third-order valence-corrected chi connectivity index (χ3v) is 5.73. The van der Waals surface area contributed by atoms with Crippen LogP contribution in [0.3, 0.4) is 0 Å². The molecule has 0 saturated heterocycles. The summed E-state index contributed by atoms with van der Waals surface area (Å²) in [4.78, 5) is 0. The quantitative estimate of drug-likeness (QED) is 0.771. The topological polar surface area (TPSA) is 12.0 Å². The monoisotopic (exact) mass is 375 g/mol. The average Bonchev–Trinajstić information content (AvgIpc) is 2.40. The van der Waals surface area contributed by atoms with Gasteiger partial charge in [-0.3, -0.25) is 0 Å². The number of nitrogens with one attached hydrogen (secondary N) is 1. The van der Waals surface area contributed by atoms with E-state index in [0.717, 1.165) is 5.25 Å². The Morgan fingerprint density at radius 2 is 1.89 bits per heavy atom. The molecular formula is C15H22INS. The van der Waals surface area contributed by atoms with E-state index in [4.69, 9.17) is 0 Å². The summed E-state index contributed by atoms with van der Waals surface area (Å²) in [5, 5.41) is 4.63. The van der Waals surface area contributed by atoms with Gasteiger partial charge in [0.1, 0.15) is 0 Å². The SMILES string of the molecule is CSC1CCCCC1NC(C)c1ccc(I)cc1. The minimum atomic E-state index is 0.458. The van der Waals surface area contributed by atoms with Gasteiger partial charge in [0.15, 0.2) is 0 Å². The third kappa shape index (κ3) is 3.87. The highest BCUT2D eigenvalue weighted by Gasteiger charge is 2.25. The van der Waals surface area contributed by atoms with Crippen molar-refractivity contribution in [3.05, 3.63) is 33.4 Å². The van der Waals surface area contributed by atoms with Crippen LogP contribution >= 0.6 is 34.4 Å². The van der Waals surface area contributed by atoms with Gasteiger partial charge in [-0.05, 0) is 66.3 Å². The van der Waals surface area contributed by atoms with Gasteiger partial charge in [-0.2, -0.15) is 11.8 Å². The third-order valence-electron chi connectivity index (χ3n) is 3.84. The molecule has 0 spiro atoms. The molecule has 18 heavy (non-hydrogen) atoms. The highest BCUT2D eigenvalue weighted by Crippen LogP contribution is 2.29. The molecule has 3 atom stereocenters. The van der Waals surface area contributed by atoms with Gasteiger partial charge in [0, 0.05) is 20.9 Å². The standard InChI is InChI=1S/C15H22INS/c1-11(12-7-9-13(16)10-8-12)17-14-5-3-4-6-15(14)18-2/h7-11,14-15,17H,3-6H2,1-2H3. The van der Waals surface area contributed by atoms with E-state index >= 15 is 0 Å². The van der Waals surface area contributed by atoms with Crippen molar-refractivity contribution in [1.29, 1.82) is 0 Å². The van der Waals surface area contributed by atoms with Gasteiger partial charge < -0.3 is 5.32 Å². The van der Waals surface area contributed by atoms with Crippen molar-refractivity contribution < 1.29 is 0 Å². The second kappa shape index (κ2) is 7.15. The molecule has 0 aromatic heterocycles. The van der Waals surface area contributed by atoms with Crippen molar-refractivity contribution >= 4 is 34.4 Å². The molecule has 100 valence electrons. The Kier molecular flexibility index (Phi) is 5.83. The maximum absolute atomic E-state index is 3.83.